The van der Waals surface area contributed by atoms with Gasteiger partial charge in [0.05, 0.1) is 41.0 Å². The molecule has 2 aromatic rings. The number of anilines is 1. The van der Waals surface area contributed by atoms with Gasteiger partial charge >= 0.3 is 11.8 Å². The first-order chi connectivity index (χ1) is 12.7. The Kier molecular flexibility index (Phi) is 6.23. The van der Waals surface area contributed by atoms with Crippen molar-refractivity contribution >= 4 is 39.9 Å². The van der Waals surface area contributed by atoms with E-state index in [1.807, 2.05) is 0 Å². The Morgan fingerprint density at radius 3 is 2.70 bits per heavy atom. The van der Waals surface area contributed by atoms with Crippen LogP contribution in [0.4, 0.5) is 10.8 Å². The van der Waals surface area contributed by atoms with Gasteiger partial charge in [-0.25, -0.2) is 4.79 Å². The van der Waals surface area contributed by atoms with E-state index in [0.29, 0.717) is 5.56 Å². The van der Waals surface area contributed by atoms with Crippen LogP contribution in [0.5, 0.6) is 0 Å². The lowest BCUT2D eigenvalue weighted by Crippen LogP contribution is -2.16. The molecule has 0 unspecified atom stereocenters. The monoisotopic (exact) mass is 395 g/mol. The number of thiophene rings is 1. The van der Waals surface area contributed by atoms with E-state index < -0.39 is 22.7 Å². The Morgan fingerprint density at radius 1 is 1.44 bits per heavy atom. The number of nitrogens with two attached hydrogens (primary N) is 1. The average molecular weight is 395 g/mol. The second-order valence-electron chi connectivity index (χ2n) is 5.34. The van der Waals surface area contributed by atoms with Gasteiger partial charge in [0.25, 0.3) is 5.91 Å². The number of hydrogen-bond donors (Lipinski definition) is 2. The maximum absolute atomic E-state index is 12.2. The third kappa shape index (κ3) is 4.67. The molecular formula is C15H17N5O6S. The fraction of sp³-hybridized carbons (Fsp3) is 0.333. The minimum absolute atomic E-state index is 0.0516. The standard InChI is InChI=1S/C15H17N5O6S/c1-3-26-15(23)11-8(2)12(13(16)22)27-14(11)17-10(21)5-7-19-6-4-9(18-19)20(24)25/h4,6H,3,5,7H2,1-2H3,(H2,16,22)(H,17,21). The first kappa shape index (κ1) is 20.0. The summed E-state index contributed by atoms with van der Waals surface area (Å²) in [6, 6.07) is 1.22. The summed E-state index contributed by atoms with van der Waals surface area (Å²) in [5, 5.41) is 17.0. The molecule has 0 bridgehead atoms. The van der Waals surface area contributed by atoms with E-state index in [9.17, 15) is 24.5 Å². The second-order valence-corrected chi connectivity index (χ2v) is 6.36. The van der Waals surface area contributed by atoms with Crippen molar-refractivity contribution in [2.24, 2.45) is 5.73 Å². The number of rotatable bonds is 8. The van der Waals surface area contributed by atoms with Crippen LogP contribution in [0.2, 0.25) is 0 Å². The first-order valence-electron chi connectivity index (χ1n) is 7.82. The van der Waals surface area contributed by atoms with Gasteiger partial charge < -0.3 is 25.9 Å². The number of esters is 1. The highest BCUT2D eigenvalue weighted by Crippen LogP contribution is 2.33. The van der Waals surface area contributed by atoms with Crippen LogP contribution in [0.15, 0.2) is 12.3 Å². The summed E-state index contributed by atoms with van der Waals surface area (Å²) in [6.45, 7) is 3.41. The Morgan fingerprint density at radius 2 is 2.15 bits per heavy atom. The van der Waals surface area contributed by atoms with Crippen LogP contribution in [0, 0.1) is 17.0 Å². The zero-order chi connectivity index (χ0) is 20.1. The first-order valence-corrected chi connectivity index (χ1v) is 8.64. The van der Waals surface area contributed by atoms with Crippen molar-refractivity contribution in [3.05, 3.63) is 38.4 Å². The summed E-state index contributed by atoms with van der Waals surface area (Å²) in [5.74, 6) is -2.17. The van der Waals surface area contributed by atoms with Crippen LogP contribution >= 0.6 is 11.3 Å². The Hall–Kier alpha value is -3.28. The zero-order valence-corrected chi connectivity index (χ0v) is 15.4. The molecule has 0 fully saturated rings. The molecule has 2 rings (SSSR count). The fourth-order valence-electron chi connectivity index (χ4n) is 2.26. The number of aromatic nitrogens is 2. The molecular weight excluding hydrogens is 378 g/mol. The van der Waals surface area contributed by atoms with Crippen LogP contribution in [0.3, 0.4) is 0 Å². The minimum Gasteiger partial charge on any atom is -0.462 e. The summed E-state index contributed by atoms with van der Waals surface area (Å²) in [5.41, 5.74) is 5.72. The molecule has 144 valence electrons. The Balaban J connectivity index is 2.13. The molecule has 0 atom stereocenters. The topological polar surface area (TPSA) is 159 Å². The largest absolute Gasteiger partial charge is 0.462 e. The molecule has 12 heteroatoms. The average Bonchev–Trinajstić information content (AvgIpc) is 3.18. The van der Waals surface area contributed by atoms with Gasteiger partial charge in [0.1, 0.15) is 5.00 Å². The predicted molar refractivity (Wildman–Crippen MR) is 95.7 cm³/mol. The van der Waals surface area contributed by atoms with E-state index in [-0.39, 0.29) is 40.8 Å². The van der Waals surface area contributed by atoms with Crippen molar-refractivity contribution in [2.45, 2.75) is 26.8 Å². The van der Waals surface area contributed by atoms with Crippen molar-refractivity contribution in [3.8, 4) is 0 Å². The summed E-state index contributed by atoms with van der Waals surface area (Å²) in [6.07, 6.45) is 1.33. The molecule has 27 heavy (non-hydrogen) atoms. The van der Waals surface area contributed by atoms with Gasteiger partial charge in [0.2, 0.25) is 5.91 Å². The van der Waals surface area contributed by atoms with Crippen molar-refractivity contribution in [1.29, 1.82) is 0 Å². The Bertz CT molecular complexity index is 903. The van der Waals surface area contributed by atoms with Crippen LogP contribution in [0.25, 0.3) is 0 Å². The van der Waals surface area contributed by atoms with Gasteiger partial charge in [0, 0.05) is 6.42 Å². The number of aryl methyl sites for hydroxylation is 1. The lowest BCUT2D eigenvalue weighted by atomic mass is 10.1. The summed E-state index contributed by atoms with van der Waals surface area (Å²) in [7, 11) is 0. The van der Waals surface area contributed by atoms with E-state index in [1.165, 1.54) is 16.9 Å². The lowest BCUT2D eigenvalue weighted by molar-refractivity contribution is -0.389. The van der Waals surface area contributed by atoms with Crippen LogP contribution in [-0.4, -0.2) is 39.1 Å². The quantitative estimate of drug-likeness (QED) is 0.389. The number of nitrogens with zero attached hydrogens (tertiary/aromatic N) is 3. The predicted octanol–water partition coefficient (Wildman–Crippen LogP) is 1.47. The van der Waals surface area contributed by atoms with Gasteiger partial charge in [-0.15, -0.1) is 11.3 Å². The van der Waals surface area contributed by atoms with Crippen LogP contribution in [-0.2, 0) is 16.1 Å². The molecule has 0 aliphatic heterocycles. The molecule has 11 nitrogen and oxygen atoms in total. The highest BCUT2D eigenvalue weighted by atomic mass is 32.1. The molecule has 2 amide bonds. The Labute approximate surface area is 157 Å². The third-order valence-corrected chi connectivity index (χ3v) is 4.71. The molecule has 0 saturated heterocycles. The van der Waals surface area contributed by atoms with Gasteiger partial charge in [0.15, 0.2) is 0 Å². The fourth-order valence-corrected chi connectivity index (χ4v) is 3.33. The zero-order valence-electron chi connectivity index (χ0n) is 14.6. The summed E-state index contributed by atoms with van der Waals surface area (Å²) >= 11 is 0.887. The molecule has 2 aromatic heterocycles. The highest BCUT2D eigenvalue weighted by molar-refractivity contribution is 7.18. The minimum atomic E-state index is -0.715. The number of carbonyl (C=O) groups excluding carboxylic acids is 3. The molecule has 3 N–H and O–H groups in total. The van der Waals surface area contributed by atoms with Gasteiger partial charge in [-0.3, -0.25) is 9.59 Å². The van der Waals surface area contributed by atoms with E-state index in [2.05, 4.69) is 10.4 Å². The SMILES string of the molecule is CCOC(=O)c1c(NC(=O)CCn2ccc([N+](=O)[O-])n2)sc(C(N)=O)c1C. The number of nitrogens with one attached hydrogen (secondary N) is 1. The second kappa shape index (κ2) is 8.40. The number of carbonyl (C=O) groups is 3. The third-order valence-electron chi connectivity index (χ3n) is 3.48. The van der Waals surface area contributed by atoms with E-state index in [0.717, 1.165) is 11.3 Å². The van der Waals surface area contributed by atoms with E-state index in [4.69, 9.17) is 10.5 Å². The highest BCUT2D eigenvalue weighted by Gasteiger charge is 2.25. The smallest absolute Gasteiger partial charge is 0.389 e. The van der Waals surface area contributed by atoms with Gasteiger partial charge in [-0.05, 0) is 24.3 Å². The molecule has 2 heterocycles. The van der Waals surface area contributed by atoms with Crippen molar-refractivity contribution in [3.63, 3.8) is 0 Å². The van der Waals surface area contributed by atoms with E-state index >= 15 is 0 Å². The molecule has 0 aliphatic carbocycles. The van der Waals surface area contributed by atoms with E-state index in [1.54, 1.807) is 13.8 Å². The molecule has 0 aliphatic rings. The normalized spacial score (nSPS) is 10.4. The molecule has 0 aromatic carbocycles. The van der Waals surface area contributed by atoms with Crippen LogP contribution in [0.1, 0.15) is 38.9 Å². The van der Waals surface area contributed by atoms with Crippen molar-refractivity contribution in [2.75, 3.05) is 11.9 Å². The van der Waals surface area contributed by atoms with Crippen molar-refractivity contribution in [1.82, 2.24) is 9.78 Å². The number of amides is 2. The number of ether oxygens (including phenoxy) is 1. The summed E-state index contributed by atoms with van der Waals surface area (Å²) < 4.78 is 6.23. The van der Waals surface area contributed by atoms with Crippen molar-refractivity contribution < 1.29 is 24.0 Å². The number of hydrogen-bond acceptors (Lipinski definition) is 8. The van der Waals surface area contributed by atoms with Crippen LogP contribution < -0.4 is 11.1 Å². The number of primary amides is 1. The summed E-state index contributed by atoms with van der Waals surface area (Å²) in [4.78, 5) is 46.0. The van der Waals surface area contributed by atoms with Gasteiger partial charge in [-0.1, -0.05) is 0 Å². The maximum atomic E-state index is 12.2. The maximum Gasteiger partial charge on any atom is 0.389 e. The molecule has 0 saturated carbocycles. The molecule has 0 spiro atoms. The molecule has 0 radical (unpaired) electrons. The lowest BCUT2D eigenvalue weighted by Gasteiger charge is -2.06. The van der Waals surface area contributed by atoms with Gasteiger partial charge in [-0.2, -0.15) is 4.68 Å². The number of nitro groups is 1.